The van der Waals surface area contributed by atoms with E-state index in [9.17, 15) is 13.2 Å². The fourth-order valence-electron chi connectivity index (χ4n) is 1.83. The van der Waals surface area contributed by atoms with Crippen LogP contribution in [0.4, 0.5) is 13.2 Å². The van der Waals surface area contributed by atoms with Gasteiger partial charge in [0.1, 0.15) is 11.8 Å². The first kappa shape index (κ1) is 14.1. The molecule has 19 heavy (non-hydrogen) atoms. The van der Waals surface area contributed by atoms with Crippen LogP contribution >= 0.6 is 15.9 Å². The van der Waals surface area contributed by atoms with Crippen LogP contribution < -0.4 is 11.3 Å². The van der Waals surface area contributed by atoms with E-state index >= 15 is 0 Å². The molecule has 0 saturated heterocycles. The Balaban J connectivity index is 2.54. The van der Waals surface area contributed by atoms with Crippen molar-refractivity contribution in [1.82, 2.24) is 5.43 Å². The number of halogens is 4. The standard InChI is InChI=1S/C12H10BrF3N2O/c13-9-5-6-19-11(9)10(18-17)7-3-1-2-4-8(7)12(14,15)16/h1-6,10,18H,17H2. The van der Waals surface area contributed by atoms with Crippen molar-refractivity contribution in [3.8, 4) is 0 Å². The third-order valence-electron chi connectivity index (χ3n) is 2.65. The van der Waals surface area contributed by atoms with Gasteiger partial charge in [0.2, 0.25) is 0 Å². The van der Waals surface area contributed by atoms with Crippen molar-refractivity contribution in [3.05, 3.63) is 58.0 Å². The first-order valence-electron chi connectivity index (χ1n) is 5.30. The molecular weight excluding hydrogens is 325 g/mol. The van der Waals surface area contributed by atoms with E-state index in [1.165, 1.54) is 24.5 Å². The molecule has 0 aliphatic carbocycles. The van der Waals surface area contributed by atoms with Gasteiger partial charge in [0.25, 0.3) is 0 Å². The lowest BCUT2D eigenvalue weighted by atomic mass is 9.98. The first-order valence-corrected chi connectivity index (χ1v) is 6.09. The summed E-state index contributed by atoms with van der Waals surface area (Å²) >= 11 is 3.21. The molecule has 1 unspecified atom stereocenters. The van der Waals surface area contributed by atoms with Crippen LogP contribution in [0.25, 0.3) is 0 Å². The van der Waals surface area contributed by atoms with Crippen LogP contribution in [-0.4, -0.2) is 0 Å². The van der Waals surface area contributed by atoms with Gasteiger partial charge in [-0.2, -0.15) is 13.2 Å². The number of nitrogens with two attached hydrogens (primary N) is 1. The number of rotatable bonds is 3. The molecule has 0 spiro atoms. The monoisotopic (exact) mass is 334 g/mol. The SMILES string of the molecule is NNC(c1ccccc1C(F)(F)F)c1occc1Br. The van der Waals surface area contributed by atoms with E-state index in [4.69, 9.17) is 10.3 Å². The minimum Gasteiger partial charge on any atom is -0.466 e. The van der Waals surface area contributed by atoms with E-state index < -0.39 is 17.8 Å². The van der Waals surface area contributed by atoms with Gasteiger partial charge in [-0.15, -0.1) is 0 Å². The second-order valence-electron chi connectivity index (χ2n) is 3.82. The number of furan rings is 1. The predicted octanol–water partition coefficient (Wildman–Crippen LogP) is 3.61. The van der Waals surface area contributed by atoms with Crippen molar-refractivity contribution in [2.75, 3.05) is 0 Å². The van der Waals surface area contributed by atoms with E-state index in [2.05, 4.69) is 21.4 Å². The fourth-order valence-corrected chi connectivity index (χ4v) is 2.26. The van der Waals surface area contributed by atoms with Gasteiger partial charge in [-0.1, -0.05) is 18.2 Å². The summed E-state index contributed by atoms with van der Waals surface area (Å²) in [4.78, 5) is 0. The van der Waals surface area contributed by atoms with Crippen LogP contribution in [0.5, 0.6) is 0 Å². The topological polar surface area (TPSA) is 51.2 Å². The lowest BCUT2D eigenvalue weighted by Gasteiger charge is -2.19. The molecule has 0 aliphatic rings. The van der Waals surface area contributed by atoms with Gasteiger partial charge in [0.05, 0.1) is 16.3 Å². The van der Waals surface area contributed by atoms with Crippen LogP contribution in [-0.2, 0) is 6.18 Å². The van der Waals surface area contributed by atoms with Gasteiger partial charge in [-0.25, -0.2) is 5.43 Å². The molecule has 1 atom stereocenters. The Hall–Kier alpha value is -1.31. The minimum absolute atomic E-state index is 0.00755. The summed E-state index contributed by atoms with van der Waals surface area (Å²) in [5, 5.41) is 0. The molecule has 2 aromatic rings. The van der Waals surface area contributed by atoms with Gasteiger partial charge in [0, 0.05) is 0 Å². The molecule has 0 bridgehead atoms. The molecule has 3 N–H and O–H groups in total. The summed E-state index contributed by atoms with van der Waals surface area (Å²) in [5.41, 5.74) is 1.61. The normalized spacial score (nSPS) is 13.5. The fraction of sp³-hybridized carbons (Fsp3) is 0.167. The number of hydrazine groups is 1. The Labute approximate surface area is 115 Å². The first-order chi connectivity index (χ1) is 8.95. The molecular formula is C12H10BrF3N2O. The number of benzene rings is 1. The van der Waals surface area contributed by atoms with Crippen molar-refractivity contribution in [3.63, 3.8) is 0 Å². The van der Waals surface area contributed by atoms with Gasteiger partial charge < -0.3 is 4.42 Å². The van der Waals surface area contributed by atoms with E-state index in [0.717, 1.165) is 6.07 Å². The summed E-state index contributed by atoms with van der Waals surface area (Å²) in [6.07, 6.45) is -3.08. The molecule has 2 rings (SSSR count). The third kappa shape index (κ3) is 2.83. The van der Waals surface area contributed by atoms with Gasteiger partial charge in [-0.05, 0) is 33.6 Å². The van der Waals surface area contributed by atoms with Crippen molar-refractivity contribution in [2.45, 2.75) is 12.2 Å². The summed E-state index contributed by atoms with van der Waals surface area (Å²) in [5.74, 6) is 5.67. The smallest absolute Gasteiger partial charge is 0.416 e. The molecule has 102 valence electrons. The Morgan fingerprint density at radius 3 is 2.42 bits per heavy atom. The predicted molar refractivity (Wildman–Crippen MR) is 67.0 cm³/mol. The van der Waals surface area contributed by atoms with E-state index in [0.29, 0.717) is 10.2 Å². The third-order valence-corrected chi connectivity index (χ3v) is 3.31. The number of nitrogens with one attached hydrogen (secondary N) is 1. The lowest BCUT2D eigenvalue weighted by Crippen LogP contribution is -2.30. The summed E-state index contributed by atoms with van der Waals surface area (Å²) < 4.78 is 44.7. The molecule has 1 heterocycles. The molecule has 0 amide bonds. The molecule has 1 aromatic heterocycles. The molecule has 0 radical (unpaired) electrons. The van der Waals surface area contributed by atoms with Gasteiger partial charge in [0.15, 0.2) is 0 Å². The highest BCUT2D eigenvalue weighted by Crippen LogP contribution is 2.37. The van der Waals surface area contributed by atoms with Gasteiger partial charge >= 0.3 is 6.18 Å². The molecule has 0 aliphatic heterocycles. The number of hydrogen-bond donors (Lipinski definition) is 2. The maximum absolute atomic E-state index is 13.0. The van der Waals surface area contributed by atoms with E-state index in [1.54, 1.807) is 6.07 Å². The van der Waals surface area contributed by atoms with Crippen LogP contribution in [0.2, 0.25) is 0 Å². The highest BCUT2D eigenvalue weighted by atomic mass is 79.9. The number of hydrogen-bond acceptors (Lipinski definition) is 3. The zero-order chi connectivity index (χ0) is 14.0. The Kier molecular flexibility index (Phi) is 3.98. The average molecular weight is 335 g/mol. The van der Waals surface area contributed by atoms with Crippen LogP contribution in [0, 0.1) is 0 Å². The quantitative estimate of drug-likeness (QED) is 0.665. The largest absolute Gasteiger partial charge is 0.466 e. The molecule has 0 saturated carbocycles. The van der Waals surface area contributed by atoms with Gasteiger partial charge in [-0.3, -0.25) is 5.84 Å². The highest BCUT2D eigenvalue weighted by Gasteiger charge is 2.36. The second-order valence-corrected chi connectivity index (χ2v) is 4.67. The minimum atomic E-state index is -4.45. The molecule has 0 fully saturated rings. The maximum Gasteiger partial charge on any atom is 0.416 e. The maximum atomic E-state index is 13.0. The van der Waals surface area contributed by atoms with E-state index in [1.807, 2.05) is 0 Å². The second kappa shape index (κ2) is 5.36. The Morgan fingerprint density at radius 2 is 1.89 bits per heavy atom. The van der Waals surface area contributed by atoms with Crippen molar-refractivity contribution >= 4 is 15.9 Å². The van der Waals surface area contributed by atoms with Crippen molar-refractivity contribution in [2.24, 2.45) is 5.84 Å². The lowest BCUT2D eigenvalue weighted by molar-refractivity contribution is -0.138. The summed E-state index contributed by atoms with van der Waals surface area (Å²) in [6.45, 7) is 0. The summed E-state index contributed by atoms with van der Waals surface area (Å²) in [7, 11) is 0. The number of alkyl halides is 3. The van der Waals surface area contributed by atoms with Crippen LogP contribution in [0.15, 0.2) is 45.5 Å². The highest BCUT2D eigenvalue weighted by molar-refractivity contribution is 9.10. The van der Waals surface area contributed by atoms with Crippen molar-refractivity contribution < 1.29 is 17.6 Å². The Bertz CT molecular complexity index is 568. The van der Waals surface area contributed by atoms with Crippen molar-refractivity contribution in [1.29, 1.82) is 0 Å². The zero-order valence-electron chi connectivity index (χ0n) is 9.54. The van der Waals surface area contributed by atoms with Crippen LogP contribution in [0.1, 0.15) is 22.9 Å². The Morgan fingerprint density at radius 1 is 1.21 bits per heavy atom. The summed E-state index contributed by atoms with van der Waals surface area (Å²) in [6, 6.07) is 5.93. The van der Waals surface area contributed by atoms with Crippen LogP contribution in [0.3, 0.4) is 0 Å². The molecule has 3 nitrogen and oxygen atoms in total. The molecule has 1 aromatic carbocycles. The average Bonchev–Trinajstić information content (AvgIpc) is 2.76. The van der Waals surface area contributed by atoms with E-state index in [-0.39, 0.29) is 5.56 Å². The molecule has 7 heteroatoms. The zero-order valence-corrected chi connectivity index (χ0v) is 11.1.